The minimum Gasteiger partial charge on any atom is -0.454 e. The largest absolute Gasteiger partial charge is 0.454 e. The highest BCUT2D eigenvalue weighted by Crippen LogP contribution is 2.21. The van der Waals surface area contributed by atoms with Crippen molar-refractivity contribution in [1.82, 2.24) is 20.9 Å². The number of ketones is 1. The normalized spacial score (nSPS) is 14.2. The number of aryl methyl sites for hydroxylation is 1. The van der Waals surface area contributed by atoms with Gasteiger partial charge in [0.15, 0.2) is 18.0 Å². The molecule has 0 bridgehead atoms. The number of nitrogens with zero attached hydrogens (tertiary/aromatic N) is 1. The number of carbonyl (C=O) groups is 6. The zero-order valence-corrected chi connectivity index (χ0v) is 28.5. The Hall–Kier alpha value is -3.48. The number of amides is 3. The highest BCUT2D eigenvalue weighted by Gasteiger charge is 2.42. The van der Waals surface area contributed by atoms with E-state index in [2.05, 4.69) is 25.7 Å². The molecule has 0 radical (unpaired) electrons. The Balaban J connectivity index is 2.27. The van der Waals surface area contributed by atoms with Gasteiger partial charge in [0.05, 0.1) is 30.5 Å². The standard InChI is InChI=1S/C29H37IN4O10S/c1-17-31-12-23(45-17)28(40)34-22(14-42-5)27(39)33-21(13-41-4)26(38)32-20(11-19-9-7-6-8-10-19)25(37)29(3,16-30)44-24(36)15-43-18(2)35/h6-10,12,20-22H,11,13-16H2,1-5H3,(H,32,38)(H,33,39)(H,34,40). The van der Waals surface area contributed by atoms with E-state index >= 15 is 0 Å². The second kappa shape index (κ2) is 18.5. The molecule has 14 nitrogen and oxygen atoms in total. The zero-order valence-electron chi connectivity index (χ0n) is 25.5. The Morgan fingerprint density at radius 3 is 2.02 bits per heavy atom. The number of methoxy groups -OCH3 is 2. The van der Waals surface area contributed by atoms with E-state index in [-0.39, 0.29) is 24.1 Å². The lowest BCUT2D eigenvalue weighted by Gasteiger charge is -2.31. The second-order valence-corrected chi connectivity index (χ2v) is 12.0. The van der Waals surface area contributed by atoms with Crippen LogP contribution in [0.2, 0.25) is 0 Å². The van der Waals surface area contributed by atoms with E-state index in [1.807, 2.05) is 22.6 Å². The highest BCUT2D eigenvalue weighted by atomic mass is 127. The van der Waals surface area contributed by atoms with E-state index in [4.69, 9.17) is 14.2 Å². The lowest BCUT2D eigenvalue weighted by atomic mass is 9.92. The van der Waals surface area contributed by atoms with Crippen molar-refractivity contribution in [2.75, 3.05) is 38.5 Å². The summed E-state index contributed by atoms with van der Waals surface area (Å²) in [5, 5.41) is 8.47. The third kappa shape index (κ3) is 12.1. The van der Waals surface area contributed by atoms with Crippen molar-refractivity contribution in [3.05, 3.63) is 52.0 Å². The number of benzene rings is 1. The molecule has 1 aromatic carbocycles. The molecule has 0 saturated carbocycles. The molecule has 0 aliphatic heterocycles. The van der Waals surface area contributed by atoms with Crippen LogP contribution in [-0.2, 0) is 49.3 Å². The monoisotopic (exact) mass is 760 g/mol. The van der Waals surface area contributed by atoms with Crippen LogP contribution in [0.15, 0.2) is 36.5 Å². The zero-order chi connectivity index (χ0) is 33.6. The van der Waals surface area contributed by atoms with Gasteiger partial charge < -0.3 is 34.9 Å². The van der Waals surface area contributed by atoms with Gasteiger partial charge in [0.2, 0.25) is 11.8 Å². The maximum Gasteiger partial charge on any atom is 0.345 e. The Kier molecular flexibility index (Phi) is 15.5. The van der Waals surface area contributed by atoms with Gasteiger partial charge >= 0.3 is 11.9 Å². The van der Waals surface area contributed by atoms with Crippen molar-refractivity contribution in [2.24, 2.45) is 0 Å². The van der Waals surface area contributed by atoms with Crippen LogP contribution in [0.25, 0.3) is 0 Å². The lowest BCUT2D eigenvalue weighted by molar-refractivity contribution is -0.171. The molecule has 246 valence electrons. The van der Waals surface area contributed by atoms with Crippen LogP contribution in [0.5, 0.6) is 0 Å². The van der Waals surface area contributed by atoms with Gasteiger partial charge in [-0.1, -0.05) is 52.9 Å². The van der Waals surface area contributed by atoms with Crippen molar-refractivity contribution < 1.29 is 47.7 Å². The fraction of sp³-hybridized carbons (Fsp3) is 0.483. The molecular weight excluding hydrogens is 723 g/mol. The van der Waals surface area contributed by atoms with Crippen LogP contribution in [0.3, 0.4) is 0 Å². The molecule has 1 heterocycles. The highest BCUT2D eigenvalue weighted by molar-refractivity contribution is 14.1. The summed E-state index contributed by atoms with van der Waals surface area (Å²) < 4.78 is 20.4. The number of thiazole rings is 1. The summed E-state index contributed by atoms with van der Waals surface area (Å²) in [6.07, 6.45) is 1.42. The van der Waals surface area contributed by atoms with E-state index in [1.165, 1.54) is 27.3 Å². The van der Waals surface area contributed by atoms with Gasteiger partial charge in [-0.25, -0.2) is 9.78 Å². The van der Waals surface area contributed by atoms with E-state index in [0.29, 0.717) is 15.4 Å². The first-order chi connectivity index (χ1) is 21.3. The minimum absolute atomic E-state index is 0.0203. The van der Waals surface area contributed by atoms with Gasteiger partial charge in [0, 0.05) is 25.6 Å². The molecule has 4 atom stereocenters. The van der Waals surface area contributed by atoms with Crippen LogP contribution in [-0.4, -0.2) is 103 Å². The lowest BCUT2D eigenvalue weighted by Crippen LogP contribution is -2.60. The Bertz CT molecular complexity index is 1340. The predicted octanol–water partition coefficient (Wildman–Crippen LogP) is 0.924. The first-order valence-corrected chi connectivity index (χ1v) is 16.0. The number of esters is 2. The molecule has 16 heteroatoms. The van der Waals surface area contributed by atoms with Gasteiger partial charge in [-0.3, -0.25) is 24.0 Å². The van der Waals surface area contributed by atoms with Crippen molar-refractivity contribution in [1.29, 1.82) is 0 Å². The van der Waals surface area contributed by atoms with Crippen LogP contribution >= 0.6 is 33.9 Å². The molecule has 0 fully saturated rings. The van der Waals surface area contributed by atoms with Crippen molar-refractivity contribution in [3.8, 4) is 0 Å². The summed E-state index contributed by atoms with van der Waals surface area (Å²) in [5.74, 6) is -4.29. The molecule has 4 unspecified atom stereocenters. The van der Waals surface area contributed by atoms with Crippen molar-refractivity contribution in [3.63, 3.8) is 0 Å². The molecule has 1 aromatic heterocycles. The van der Waals surface area contributed by atoms with Gasteiger partial charge in [-0.2, -0.15) is 0 Å². The molecule has 0 aliphatic rings. The van der Waals surface area contributed by atoms with E-state index in [1.54, 1.807) is 37.3 Å². The van der Waals surface area contributed by atoms with Gasteiger partial charge in [-0.05, 0) is 25.8 Å². The molecule has 0 saturated heterocycles. The molecule has 3 amide bonds. The van der Waals surface area contributed by atoms with Gasteiger partial charge in [-0.15, -0.1) is 11.3 Å². The maximum atomic E-state index is 13.9. The number of carbonyl (C=O) groups excluding carboxylic acids is 6. The van der Waals surface area contributed by atoms with E-state index < -0.39 is 65.8 Å². The third-order valence-electron chi connectivity index (χ3n) is 6.19. The second-order valence-electron chi connectivity index (χ2n) is 9.98. The summed E-state index contributed by atoms with van der Waals surface area (Å²) in [6.45, 7) is 3.11. The molecule has 3 N–H and O–H groups in total. The topological polar surface area (TPSA) is 188 Å². The predicted molar refractivity (Wildman–Crippen MR) is 171 cm³/mol. The number of ether oxygens (including phenoxy) is 4. The molecule has 2 aromatic rings. The molecule has 0 aliphatic carbocycles. The SMILES string of the molecule is COCC(NC(=O)c1cnc(C)s1)C(=O)NC(COC)C(=O)NC(Cc1ccccc1)C(=O)C(C)(CI)OC(=O)COC(C)=O. The first-order valence-electron chi connectivity index (χ1n) is 13.6. The quantitative estimate of drug-likeness (QED) is 0.111. The third-order valence-corrected chi connectivity index (χ3v) is 8.56. The summed E-state index contributed by atoms with van der Waals surface area (Å²) in [4.78, 5) is 81.2. The Morgan fingerprint density at radius 2 is 1.51 bits per heavy atom. The van der Waals surface area contributed by atoms with Crippen LogP contribution < -0.4 is 16.0 Å². The van der Waals surface area contributed by atoms with Crippen LogP contribution in [0.1, 0.15) is 34.1 Å². The van der Waals surface area contributed by atoms with Crippen molar-refractivity contribution >= 4 is 69.4 Å². The number of nitrogens with one attached hydrogen (secondary N) is 3. The number of alkyl halides is 1. The number of aromatic nitrogens is 1. The number of halogens is 1. The molecular formula is C29H37IN4O10S. The van der Waals surface area contributed by atoms with Crippen molar-refractivity contribution in [2.45, 2.75) is 50.9 Å². The Labute approximate surface area is 278 Å². The van der Waals surface area contributed by atoms with Gasteiger partial charge in [0.25, 0.3) is 5.91 Å². The van der Waals surface area contributed by atoms with Crippen LogP contribution in [0, 0.1) is 6.92 Å². The van der Waals surface area contributed by atoms with E-state index in [9.17, 15) is 28.8 Å². The fourth-order valence-corrected chi connectivity index (χ4v) is 5.16. The minimum atomic E-state index is -1.70. The average Bonchev–Trinajstić information content (AvgIpc) is 3.45. The molecule has 0 spiro atoms. The maximum absolute atomic E-state index is 13.9. The summed E-state index contributed by atoms with van der Waals surface area (Å²) in [5.41, 5.74) is -1.00. The number of Topliss-reactive ketones (excluding diaryl/α,β-unsaturated/α-hetero) is 1. The van der Waals surface area contributed by atoms with Gasteiger partial charge in [0.1, 0.15) is 17.0 Å². The molecule has 45 heavy (non-hydrogen) atoms. The smallest absolute Gasteiger partial charge is 0.345 e. The molecule has 2 rings (SSSR count). The van der Waals surface area contributed by atoms with E-state index in [0.717, 1.165) is 18.3 Å². The average molecular weight is 761 g/mol. The Morgan fingerprint density at radius 1 is 0.933 bits per heavy atom. The van der Waals surface area contributed by atoms with Crippen LogP contribution in [0.4, 0.5) is 0 Å². The first kappa shape index (κ1) is 37.7. The number of hydrogen-bond donors (Lipinski definition) is 3. The fourth-order valence-electron chi connectivity index (χ4n) is 3.95. The summed E-state index contributed by atoms with van der Waals surface area (Å²) in [7, 11) is 2.68. The number of hydrogen-bond acceptors (Lipinski definition) is 12. The summed E-state index contributed by atoms with van der Waals surface area (Å²) in [6, 6.07) is 5.18. The summed E-state index contributed by atoms with van der Waals surface area (Å²) >= 11 is 3.03. The number of rotatable bonds is 18.